The minimum absolute atomic E-state index is 0.0146. The van der Waals surface area contributed by atoms with Gasteiger partial charge in [0.25, 0.3) is 5.91 Å². The topological polar surface area (TPSA) is 81.5 Å². The summed E-state index contributed by atoms with van der Waals surface area (Å²) < 4.78 is 18.5. The molecule has 0 spiro atoms. The largest absolute Gasteiger partial charge is 0.477 e. The Morgan fingerprint density at radius 2 is 2.05 bits per heavy atom. The van der Waals surface area contributed by atoms with Crippen molar-refractivity contribution in [2.45, 2.75) is 6.92 Å². The Kier molecular flexibility index (Phi) is 4.67. The van der Waals surface area contributed by atoms with Crippen LogP contribution in [0.3, 0.4) is 0 Å². The van der Waals surface area contributed by atoms with Crippen LogP contribution in [-0.4, -0.2) is 17.4 Å². The van der Waals surface area contributed by atoms with Gasteiger partial charge in [-0.2, -0.15) is 0 Å². The van der Waals surface area contributed by atoms with Crippen LogP contribution < -0.4 is 10.1 Å². The van der Waals surface area contributed by atoms with E-state index in [0.717, 1.165) is 0 Å². The van der Waals surface area contributed by atoms with Crippen LogP contribution in [-0.2, 0) is 4.79 Å². The standard InChI is InChI=1S/C15H13FN2O4/c1-10-6-7-14(13(8-10)18(20)21)22-9-15(19)17-12-5-3-2-4-11(12)16/h2-8H,9H2,1H3,(H,17,19). The number of rotatable bonds is 5. The molecule has 1 N–H and O–H groups in total. The number of benzene rings is 2. The normalized spacial score (nSPS) is 10.1. The molecule has 1 amide bonds. The van der Waals surface area contributed by atoms with Crippen molar-refractivity contribution in [1.82, 2.24) is 0 Å². The molecule has 2 rings (SSSR count). The zero-order chi connectivity index (χ0) is 16.1. The lowest BCUT2D eigenvalue weighted by atomic mass is 10.2. The Bertz CT molecular complexity index is 718. The van der Waals surface area contributed by atoms with Gasteiger partial charge in [0.05, 0.1) is 10.6 Å². The Morgan fingerprint density at radius 1 is 1.32 bits per heavy atom. The van der Waals surface area contributed by atoms with Gasteiger partial charge in [-0.15, -0.1) is 0 Å². The number of anilines is 1. The maximum absolute atomic E-state index is 13.4. The third kappa shape index (κ3) is 3.78. The molecule has 0 aliphatic rings. The summed E-state index contributed by atoms with van der Waals surface area (Å²) in [5.74, 6) is -1.20. The Morgan fingerprint density at radius 3 is 2.73 bits per heavy atom. The van der Waals surface area contributed by atoms with Crippen molar-refractivity contribution in [2.24, 2.45) is 0 Å². The predicted molar refractivity (Wildman–Crippen MR) is 78.4 cm³/mol. The molecule has 0 bridgehead atoms. The molecule has 0 aliphatic heterocycles. The first-order chi connectivity index (χ1) is 10.5. The minimum atomic E-state index is -0.611. The average molecular weight is 304 g/mol. The molecule has 114 valence electrons. The van der Waals surface area contributed by atoms with Crippen LogP contribution in [0.4, 0.5) is 15.8 Å². The SMILES string of the molecule is Cc1ccc(OCC(=O)Nc2ccccc2F)c([N+](=O)[O-])c1. The van der Waals surface area contributed by atoms with Gasteiger partial charge in [-0.3, -0.25) is 14.9 Å². The van der Waals surface area contributed by atoms with Crippen LogP contribution in [0.25, 0.3) is 0 Å². The zero-order valence-electron chi connectivity index (χ0n) is 11.7. The van der Waals surface area contributed by atoms with E-state index in [1.54, 1.807) is 19.1 Å². The van der Waals surface area contributed by atoms with E-state index in [0.29, 0.717) is 5.56 Å². The third-order valence-electron chi connectivity index (χ3n) is 2.82. The highest BCUT2D eigenvalue weighted by molar-refractivity contribution is 5.92. The second-order valence-electron chi connectivity index (χ2n) is 4.54. The summed E-state index contributed by atoms with van der Waals surface area (Å²) in [7, 11) is 0. The molecule has 2 aromatic carbocycles. The number of nitro benzene ring substituents is 1. The monoisotopic (exact) mass is 304 g/mol. The van der Waals surface area contributed by atoms with Crippen molar-refractivity contribution in [3.63, 3.8) is 0 Å². The molecule has 7 heteroatoms. The number of ether oxygens (including phenoxy) is 1. The van der Waals surface area contributed by atoms with Gasteiger partial charge >= 0.3 is 5.69 Å². The lowest BCUT2D eigenvalue weighted by Crippen LogP contribution is -2.21. The van der Waals surface area contributed by atoms with Crippen LogP contribution in [0, 0.1) is 22.9 Å². The number of halogens is 1. The number of hydrogen-bond donors (Lipinski definition) is 1. The number of carbonyl (C=O) groups excluding carboxylic acids is 1. The second kappa shape index (κ2) is 6.66. The molecule has 0 unspecified atom stereocenters. The Labute approximate surface area is 125 Å². The molecular formula is C15H13FN2O4. The molecule has 0 saturated heterocycles. The highest BCUT2D eigenvalue weighted by Crippen LogP contribution is 2.27. The van der Waals surface area contributed by atoms with Crippen molar-refractivity contribution in [1.29, 1.82) is 0 Å². The smallest absolute Gasteiger partial charge is 0.311 e. The number of hydrogen-bond acceptors (Lipinski definition) is 4. The lowest BCUT2D eigenvalue weighted by molar-refractivity contribution is -0.385. The molecule has 0 atom stereocenters. The molecule has 0 aliphatic carbocycles. The van der Waals surface area contributed by atoms with Gasteiger partial charge < -0.3 is 10.1 Å². The van der Waals surface area contributed by atoms with Gasteiger partial charge in [0.2, 0.25) is 0 Å². The van der Waals surface area contributed by atoms with E-state index in [9.17, 15) is 19.3 Å². The van der Waals surface area contributed by atoms with E-state index in [2.05, 4.69) is 5.32 Å². The van der Waals surface area contributed by atoms with Crippen LogP contribution in [0.2, 0.25) is 0 Å². The number of nitrogens with one attached hydrogen (secondary N) is 1. The molecule has 6 nitrogen and oxygen atoms in total. The Balaban J connectivity index is 2.03. The molecule has 0 fully saturated rings. The molecule has 2 aromatic rings. The summed E-state index contributed by atoms with van der Waals surface area (Å²) in [5, 5.41) is 13.3. The summed E-state index contributed by atoms with van der Waals surface area (Å²) in [5.41, 5.74) is 0.503. The highest BCUT2D eigenvalue weighted by atomic mass is 19.1. The van der Waals surface area contributed by atoms with Gasteiger partial charge in [-0.05, 0) is 30.7 Å². The summed E-state index contributed by atoms with van der Waals surface area (Å²) in [6.45, 7) is 1.25. The van der Waals surface area contributed by atoms with Gasteiger partial charge in [0.15, 0.2) is 12.4 Å². The second-order valence-corrected chi connectivity index (χ2v) is 4.54. The Hall–Kier alpha value is -2.96. The number of nitro groups is 1. The molecule has 0 saturated carbocycles. The summed E-state index contributed by atoms with van der Waals surface area (Å²) in [6.07, 6.45) is 0. The fourth-order valence-corrected chi connectivity index (χ4v) is 1.78. The first-order valence-corrected chi connectivity index (χ1v) is 6.39. The van der Waals surface area contributed by atoms with Crippen LogP contribution in [0.1, 0.15) is 5.56 Å². The van der Waals surface area contributed by atoms with Crippen molar-refractivity contribution >= 4 is 17.3 Å². The number of carbonyl (C=O) groups is 1. The maximum atomic E-state index is 13.4. The predicted octanol–water partition coefficient (Wildman–Crippen LogP) is 3.06. The van der Waals surface area contributed by atoms with Crippen LogP contribution in [0.5, 0.6) is 5.75 Å². The third-order valence-corrected chi connectivity index (χ3v) is 2.82. The quantitative estimate of drug-likeness (QED) is 0.680. The van der Waals surface area contributed by atoms with E-state index in [1.807, 2.05) is 0 Å². The van der Waals surface area contributed by atoms with E-state index in [-0.39, 0.29) is 17.1 Å². The van der Waals surface area contributed by atoms with E-state index >= 15 is 0 Å². The van der Waals surface area contributed by atoms with Gasteiger partial charge in [-0.25, -0.2) is 4.39 Å². The van der Waals surface area contributed by atoms with Crippen molar-refractivity contribution < 1.29 is 18.8 Å². The van der Waals surface area contributed by atoms with Gasteiger partial charge in [0.1, 0.15) is 5.82 Å². The van der Waals surface area contributed by atoms with Crippen LogP contribution >= 0.6 is 0 Å². The summed E-state index contributed by atoms with van der Waals surface area (Å²) >= 11 is 0. The van der Waals surface area contributed by atoms with E-state index in [4.69, 9.17) is 4.74 Å². The summed E-state index contributed by atoms with van der Waals surface area (Å²) in [6, 6.07) is 10.1. The van der Waals surface area contributed by atoms with Crippen molar-refractivity contribution in [3.8, 4) is 5.75 Å². The number of para-hydroxylation sites is 1. The van der Waals surface area contributed by atoms with Crippen molar-refractivity contribution in [3.05, 3.63) is 64.0 Å². The zero-order valence-corrected chi connectivity index (χ0v) is 11.7. The fraction of sp³-hybridized carbons (Fsp3) is 0.133. The van der Waals surface area contributed by atoms with Gasteiger partial charge in [-0.1, -0.05) is 18.2 Å². The molecule has 0 heterocycles. The van der Waals surface area contributed by atoms with Gasteiger partial charge in [0, 0.05) is 6.07 Å². The summed E-state index contributed by atoms with van der Waals surface area (Å²) in [4.78, 5) is 22.1. The number of aryl methyl sites for hydroxylation is 1. The fourth-order valence-electron chi connectivity index (χ4n) is 1.78. The molecular weight excluding hydrogens is 291 g/mol. The first kappa shape index (κ1) is 15.4. The maximum Gasteiger partial charge on any atom is 0.311 e. The number of amides is 1. The van der Waals surface area contributed by atoms with E-state index < -0.39 is 23.3 Å². The van der Waals surface area contributed by atoms with E-state index in [1.165, 1.54) is 30.3 Å². The first-order valence-electron chi connectivity index (χ1n) is 6.39. The molecule has 22 heavy (non-hydrogen) atoms. The minimum Gasteiger partial charge on any atom is -0.477 e. The highest BCUT2D eigenvalue weighted by Gasteiger charge is 2.16. The number of nitrogens with zero attached hydrogens (tertiary/aromatic N) is 1. The lowest BCUT2D eigenvalue weighted by Gasteiger charge is -2.08. The van der Waals surface area contributed by atoms with Crippen LogP contribution in [0.15, 0.2) is 42.5 Å². The van der Waals surface area contributed by atoms with Crippen molar-refractivity contribution in [2.75, 3.05) is 11.9 Å². The average Bonchev–Trinajstić information content (AvgIpc) is 2.48. The molecule has 0 aromatic heterocycles. The molecule has 0 radical (unpaired) electrons.